The zero-order valence-corrected chi connectivity index (χ0v) is 35.6. The summed E-state index contributed by atoms with van der Waals surface area (Å²) in [4.78, 5) is 16.7. The van der Waals surface area contributed by atoms with E-state index in [1.54, 1.807) is 18.4 Å². The minimum atomic E-state index is -0.233. The predicted molar refractivity (Wildman–Crippen MR) is 230 cm³/mol. The number of allylic oxidation sites excluding steroid dienone is 6. The van der Waals surface area contributed by atoms with E-state index in [1.807, 2.05) is 31.2 Å². The van der Waals surface area contributed by atoms with Gasteiger partial charge in [-0.15, -0.1) is 18.2 Å². The Hall–Kier alpha value is -5.22. The first-order valence-corrected chi connectivity index (χ1v) is 20.6. The van der Waals surface area contributed by atoms with E-state index in [-0.39, 0.29) is 34.4 Å². The molecule has 1 N–H and O–H groups in total. The van der Waals surface area contributed by atoms with Crippen LogP contribution in [0.25, 0.3) is 5.57 Å². The van der Waals surface area contributed by atoms with Gasteiger partial charge >= 0.3 is 241 Å². The van der Waals surface area contributed by atoms with Crippen molar-refractivity contribution in [3.05, 3.63) is 201 Å². The molecular formula is C50H48ClN3ORu-2. The molecule has 0 aromatic heterocycles. The topological polar surface area (TPSA) is 35.6 Å². The van der Waals surface area contributed by atoms with Crippen molar-refractivity contribution in [1.82, 2.24) is 0 Å². The predicted octanol–water partition coefficient (Wildman–Crippen LogP) is 7.49. The van der Waals surface area contributed by atoms with Crippen molar-refractivity contribution in [2.45, 2.75) is 48.5 Å². The Bertz CT molecular complexity index is 2390. The summed E-state index contributed by atoms with van der Waals surface area (Å²) < 4.78 is 2.94. The third kappa shape index (κ3) is 8.60. The maximum atomic E-state index is 11.4. The maximum absolute atomic E-state index is 11.4. The Balaban J connectivity index is 0.000000263. The van der Waals surface area contributed by atoms with Crippen LogP contribution in [0.3, 0.4) is 0 Å². The zero-order valence-electron chi connectivity index (χ0n) is 33.2. The van der Waals surface area contributed by atoms with E-state index in [9.17, 15) is 4.79 Å². The molecule has 0 atom stereocenters. The average Bonchev–Trinajstić information content (AvgIpc) is 3.73. The first-order valence-electron chi connectivity index (χ1n) is 18.9. The Morgan fingerprint density at radius 2 is 1.20 bits per heavy atom. The number of hydrogen-bond acceptors (Lipinski definition) is 4. The number of rotatable bonds is 5. The van der Waals surface area contributed by atoms with Gasteiger partial charge in [-0.05, 0) is 18.6 Å². The van der Waals surface area contributed by atoms with Gasteiger partial charge in [0.2, 0.25) is 0 Å². The fourth-order valence-electron chi connectivity index (χ4n) is 7.87. The molecule has 56 heavy (non-hydrogen) atoms. The number of halogens is 1. The van der Waals surface area contributed by atoms with Crippen molar-refractivity contribution in [1.29, 1.82) is 0 Å². The summed E-state index contributed by atoms with van der Waals surface area (Å²) in [7, 11) is 0. The summed E-state index contributed by atoms with van der Waals surface area (Å²) in [5, 5.41) is 3.11. The zero-order chi connectivity index (χ0) is 38.6. The Labute approximate surface area is 346 Å². The molecule has 0 radical (unpaired) electrons. The molecule has 1 aliphatic heterocycles. The van der Waals surface area contributed by atoms with E-state index in [4.69, 9.17) is 0 Å². The second-order valence-corrected chi connectivity index (χ2v) is 16.6. The summed E-state index contributed by atoms with van der Waals surface area (Å²) >= 11 is -0.233. The first kappa shape index (κ1) is 40.4. The molecule has 0 saturated carbocycles. The molecule has 3 aliphatic rings. The summed E-state index contributed by atoms with van der Waals surface area (Å²) in [6.07, 6.45) is 12.0. The molecule has 8 rings (SSSR count). The number of carbonyl (C=O) groups excluding carboxylic acids is 1. The number of benzene rings is 5. The molecule has 0 unspecified atom stereocenters. The minimum absolute atomic E-state index is 0. The number of aryl methyl sites for hydroxylation is 7. The van der Waals surface area contributed by atoms with Gasteiger partial charge in [-0.3, -0.25) is 0 Å². The van der Waals surface area contributed by atoms with Crippen LogP contribution in [0.15, 0.2) is 139 Å². The summed E-state index contributed by atoms with van der Waals surface area (Å²) in [5.41, 5.74) is 19.0. The molecule has 1 fully saturated rings. The fourth-order valence-corrected chi connectivity index (χ4v) is 10.5. The third-order valence-corrected chi connectivity index (χ3v) is 12.7. The second kappa shape index (κ2) is 17.7. The molecule has 286 valence electrons. The number of carbonyl (C=O) groups is 1. The van der Waals surface area contributed by atoms with Gasteiger partial charge in [0.1, 0.15) is 0 Å². The quantitative estimate of drug-likeness (QED) is 0.113. The van der Waals surface area contributed by atoms with Gasteiger partial charge in [0.25, 0.3) is 0 Å². The van der Waals surface area contributed by atoms with Crippen molar-refractivity contribution in [3.8, 4) is 0 Å². The monoisotopic (exact) mass is 843 g/mol. The number of fused-ring (bicyclic) bond motifs is 1. The van der Waals surface area contributed by atoms with Crippen LogP contribution < -0.4 is 27.5 Å². The maximum Gasteiger partial charge on any atom is 0.0929 e. The molecule has 6 heteroatoms. The summed E-state index contributed by atoms with van der Waals surface area (Å²) in [6.45, 7) is 17.5. The third-order valence-electron chi connectivity index (χ3n) is 10.1. The van der Waals surface area contributed by atoms with Crippen LogP contribution in [0.5, 0.6) is 0 Å². The second-order valence-electron chi connectivity index (χ2n) is 14.5. The van der Waals surface area contributed by atoms with Crippen LogP contribution in [-0.4, -0.2) is 27.3 Å². The summed E-state index contributed by atoms with van der Waals surface area (Å²) in [6, 6.07) is 37.1. The smallest absolute Gasteiger partial charge is 0.0929 e. The van der Waals surface area contributed by atoms with Gasteiger partial charge in [-0.25, -0.2) is 0 Å². The van der Waals surface area contributed by atoms with Gasteiger partial charge in [0.05, 0.1) is 5.78 Å². The van der Waals surface area contributed by atoms with Crippen molar-refractivity contribution in [2.24, 2.45) is 0 Å². The minimum Gasteiger partial charge on any atom is -1.00 e. The molecule has 4 nitrogen and oxygen atoms in total. The van der Waals surface area contributed by atoms with Crippen LogP contribution >= 0.6 is 0 Å². The molecule has 2 aliphatic carbocycles. The molecule has 1 heterocycles. The van der Waals surface area contributed by atoms with E-state index < -0.39 is 0 Å². The largest absolute Gasteiger partial charge is 1.00 e. The Morgan fingerprint density at radius 1 is 0.661 bits per heavy atom. The summed E-state index contributed by atoms with van der Waals surface area (Å²) in [5.74, 6) is -0.0245. The number of nitrogens with zero attached hydrogens (tertiary/aromatic N) is 2. The molecule has 5 aromatic rings. The molecule has 0 spiro atoms. The Morgan fingerprint density at radius 3 is 1.77 bits per heavy atom. The van der Waals surface area contributed by atoms with Gasteiger partial charge in [0, 0.05) is 5.69 Å². The number of ketones is 1. The van der Waals surface area contributed by atoms with Crippen LogP contribution in [0.2, 0.25) is 0 Å². The van der Waals surface area contributed by atoms with Gasteiger partial charge in [0.15, 0.2) is 0 Å². The van der Waals surface area contributed by atoms with Gasteiger partial charge in [-0.1, -0.05) is 36.0 Å². The van der Waals surface area contributed by atoms with Crippen molar-refractivity contribution >= 4 is 36.9 Å². The van der Waals surface area contributed by atoms with Gasteiger partial charge < -0.3 is 22.5 Å². The van der Waals surface area contributed by atoms with Crippen molar-refractivity contribution in [3.63, 3.8) is 0 Å². The normalized spacial score (nSPS) is 15.1. The first-order chi connectivity index (χ1) is 26.6. The molecule has 5 aromatic carbocycles. The van der Waals surface area contributed by atoms with Gasteiger partial charge in [-0.2, -0.15) is 0 Å². The standard InChI is InChI=1S/C21H26N2.C15H10.C14H12NO.ClH.Ru/c1-14-9-16(3)20(17(4)10-14)22-7-8-23(13-22)21-18(5)11-15(2)12-19(21)6;1-2-6-12(7-3-1)15-11-10-13-8-4-5-9-14(13)15;1-11-6-2-4-8-13(11)15-10-12-7-3-5-9-14(12)16;;/h9-12H,7-8H2,1-6H3;1-9,11H;2-6,8-10,15H,1H3;1H;/q;;-1;;/p-1. The number of nitrogens with one attached hydrogen (secondary N) is 1. The number of para-hydroxylation sites is 1. The van der Waals surface area contributed by atoms with Crippen LogP contribution in [0.4, 0.5) is 17.1 Å². The van der Waals surface area contributed by atoms with E-state index in [1.165, 1.54) is 81.6 Å². The molecule has 1 saturated heterocycles. The molecule has 0 bridgehead atoms. The number of anilines is 3. The van der Waals surface area contributed by atoms with E-state index in [0.717, 1.165) is 24.3 Å². The van der Waals surface area contributed by atoms with E-state index in [0.29, 0.717) is 5.57 Å². The van der Waals surface area contributed by atoms with Crippen molar-refractivity contribution in [2.75, 3.05) is 28.2 Å². The van der Waals surface area contributed by atoms with Crippen LogP contribution in [0, 0.1) is 54.5 Å². The van der Waals surface area contributed by atoms with E-state index >= 15 is 0 Å². The molecular weight excluding hydrogens is 795 g/mol. The molecule has 0 amide bonds. The SMILES string of the molecule is Cc1cc(C)c(N2CCN(c3c(C)cc(C)cc3C)[C]2=[Ru]=[C]2C=C(c3ccccc3)c3ccccc32)c(C)c1.Cc1ccccc1NC=C1[C-]=CC=CC1=O.[Cl-]. The average molecular weight is 843 g/mol. The van der Waals surface area contributed by atoms with Crippen LogP contribution in [-0.2, 0) is 21.0 Å². The number of hydrogen-bond donors (Lipinski definition) is 1. The van der Waals surface area contributed by atoms with Crippen LogP contribution in [0.1, 0.15) is 55.6 Å². The fraction of sp³-hybridized carbons (Fsp3) is 0.180. The van der Waals surface area contributed by atoms with Crippen molar-refractivity contribution < 1.29 is 33.4 Å². The van der Waals surface area contributed by atoms with E-state index in [2.05, 4.69) is 148 Å². The Kier molecular flexibility index (Phi) is 12.8.